The lowest BCUT2D eigenvalue weighted by atomic mass is 10.1. The standard InChI is InChI=1S/C21H21ClN2O4/c1-23(13-15-8-10-16(22)11-9-15)20(26)14-28-21(27)17-5-2-3-6-18(17)24-12-4-7-19(24)25/h2-3,5-6,8-11H,4,7,12-14H2,1H3. The van der Waals surface area contributed by atoms with E-state index >= 15 is 0 Å². The van der Waals surface area contributed by atoms with Gasteiger partial charge in [-0.2, -0.15) is 0 Å². The number of ether oxygens (including phenoxy) is 1. The van der Waals surface area contributed by atoms with Crippen LogP contribution in [-0.2, 0) is 20.9 Å². The van der Waals surface area contributed by atoms with E-state index in [1.807, 2.05) is 12.1 Å². The Morgan fingerprint density at radius 2 is 1.86 bits per heavy atom. The normalized spacial score (nSPS) is 13.5. The number of benzene rings is 2. The molecule has 0 bridgehead atoms. The van der Waals surface area contributed by atoms with Crippen LogP contribution < -0.4 is 4.90 Å². The van der Waals surface area contributed by atoms with Crippen LogP contribution in [0.5, 0.6) is 0 Å². The number of nitrogens with zero attached hydrogens (tertiary/aromatic N) is 2. The number of carbonyl (C=O) groups excluding carboxylic acids is 3. The van der Waals surface area contributed by atoms with Crippen molar-refractivity contribution in [3.8, 4) is 0 Å². The van der Waals surface area contributed by atoms with Crippen molar-refractivity contribution >= 4 is 35.1 Å². The van der Waals surface area contributed by atoms with Gasteiger partial charge in [0.05, 0.1) is 11.3 Å². The highest BCUT2D eigenvalue weighted by Gasteiger charge is 2.26. The second kappa shape index (κ2) is 8.89. The molecule has 7 heteroatoms. The van der Waals surface area contributed by atoms with Gasteiger partial charge in [-0.25, -0.2) is 4.79 Å². The number of halogens is 1. The molecule has 1 heterocycles. The molecule has 1 aliphatic rings. The Morgan fingerprint density at radius 3 is 2.54 bits per heavy atom. The van der Waals surface area contributed by atoms with Gasteiger partial charge < -0.3 is 14.5 Å². The summed E-state index contributed by atoms with van der Waals surface area (Å²) in [5, 5.41) is 0.627. The van der Waals surface area contributed by atoms with E-state index in [9.17, 15) is 14.4 Å². The molecule has 0 radical (unpaired) electrons. The topological polar surface area (TPSA) is 66.9 Å². The average Bonchev–Trinajstić information content (AvgIpc) is 3.13. The van der Waals surface area contributed by atoms with Gasteiger partial charge in [-0.3, -0.25) is 9.59 Å². The molecule has 0 unspecified atom stereocenters. The minimum absolute atomic E-state index is 0.0148. The summed E-state index contributed by atoms with van der Waals surface area (Å²) in [4.78, 5) is 39.9. The van der Waals surface area contributed by atoms with Crippen molar-refractivity contribution < 1.29 is 19.1 Å². The molecule has 3 rings (SSSR count). The number of anilines is 1. The van der Waals surface area contributed by atoms with Gasteiger partial charge >= 0.3 is 5.97 Å². The molecule has 6 nitrogen and oxygen atoms in total. The minimum Gasteiger partial charge on any atom is -0.452 e. The van der Waals surface area contributed by atoms with E-state index in [-0.39, 0.29) is 24.0 Å². The van der Waals surface area contributed by atoms with Crippen LogP contribution in [-0.4, -0.2) is 42.9 Å². The van der Waals surface area contributed by atoms with E-state index < -0.39 is 5.97 Å². The summed E-state index contributed by atoms with van der Waals surface area (Å²) in [6.07, 6.45) is 1.23. The monoisotopic (exact) mass is 400 g/mol. The van der Waals surface area contributed by atoms with Crippen molar-refractivity contribution in [1.82, 2.24) is 4.90 Å². The fourth-order valence-electron chi connectivity index (χ4n) is 3.05. The Bertz CT molecular complexity index is 882. The largest absolute Gasteiger partial charge is 0.452 e. The lowest BCUT2D eigenvalue weighted by Crippen LogP contribution is -2.31. The summed E-state index contributed by atoms with van der Waals surface area (Å²) in [5.74, 6) is -0.958. The molecular formula is C21H21ClN2O4. The molecule has 2 aromatic rings. The molecule has 146 valence electrons. The van der Waals surface area contributed by atoms with Crippen molar-refractivity contribution in [3.05, 3.63) is 64.7 Å². The van der Waals surface area contributed by atoms with E-state index in [1.165, 1.54) is 4.90 Å². The van der Waals surface area contributed by atoms with Crippen LogP contribution in [0.2, 0.25) is 5.02 Å². The van der Waals surface area contributed by atoms with Gasteiger partial charge in [-0.15, -0.1) is 0 Å². The van der Waals surface area contributed by atoms with Crippen LogP contribution in [0, 0.1) is 0 Å². The molecule has 28 heavy (non-hydrogen) atoms. The van der Waals surface area contributed by atoms with Crippen molar-refractivity contribution in [2.75, 3.05) is 25.1 Å². The van der Waals surface area contributed by atoms with E-state index in [2.05, 4.69) is 0 Å². The lowest BCUT2D eigenvalue weighted by molar-refractivity contribution is -0.133. The van der Waals surface area contributed by atoms with Gasteiger partial charge in [0, 0.05) is 31.6 Å². The highest BCUT2D eigenvalue weighted by Crippen LogP contribution is 2.26. The smallest absolute Gasteiger partial charge is 0.340 e. The van der Waals surface area contributed by atoms with Gasteiger partial charge in [-0.1, -0.05) is 35.9 Å². The van der Waals surface area contributed by atoms with Crippen LogP contribution in [0.25, 0.3) is 0 Å². The Kier molecular flexibility index (Phi) is 6.31. The van der Waals surface area contributed by atoms with Crippen LogP contribution in [0.4, 0.5) is 5.69 Å². The summed E-state index contributed by atoms with van der Waals surface area (Å²) in [7, 11) is 1.64. The number of carbonyl (C=O) groups is 3. The van der Waals surface area contributed by atoms with Crippen molar-refractivity contribution in [2.45, 2.75) is 19.4 Å². The molecule has 1 aliphatic heterocycles. The number of hydrogen-bond donors (Lipinski definition) is 0. The number of hydrogen-bond acceptors (Lipinski definition) is 4. The van der Waals surface area contributed by atoms with Gasteiger partial charge in [0.25, 0.3) is 5.91 Å². The lowest BCUT2D eigenvalue weighted by Gasteiger charge is -2.20. The molecular weight excluding hydrogens is 380 g/mol. The van der Waals surface area contributed by atoms with Crippen LogP contribution in [0.15, 0.2) is 48.5 Å². The van der Waals surface area contributed by atoms with E-state index in [4.69, 9.17) is 16.3 Å². The van der Waals surface area contributed by atoms with Gasteiger partial charge in [0.15, 0.2) is 6.61 Å². The molecule has 0 saturated carbocycles. The van der Waals surface area contributed by atoms with Gasteiger partial charge in [-0.05, 0) is 36.2 Å². The first-order valence-corrected chi connectivity index (χ1v) is 9.38. The maximum atomic E-state index is 12.5. The summed E-state index contributed by atoms with van der Waals surface area (Å²) >= 11 is 5.86. The van der Waals surface area contributed by atoms with Crippen LogP contribution in [0.3, 0.4) is 0 Å². The zero-order chi connectivity index (χ0) is 20.1. The minimum atomic E-state index is -0.622. The Labute approximate surface area is 168 Å². The zero-order valence-corrected chi connectivity index (χ0v) is 16.3. The van der Waals surface area contributed by atoms with E-state index in [0.717, 1.165) is 12.0 Å². The predicted octanol–water partition coefficient (Wildman–Crippen LogP) is 3.28. The molecule has 2 aromatic carbocycles. The maximum Gasteiger partial charge on any atom is 0.340 e. The Balaban J connectivity index is 1.60. The number of para-hydroxylation sites is 1. The maximum absolute atomic E-state index is 12.5. The number of esters is 1. The Morgan fingerprint density at radius 1 is 1.14 bits per heavy atom. The molecule has 0 atom stereocenters. The molecule has 2 amide bonds. The van der Waals surface area contributed by atoms with Crippen molar-refractivity contribution in [2.24, 2.45) is 0 Å². The van der Waals surface area contributed by atoms with Crippen LogP contribution in [0.1, 0.15) is 28.8 Å². The SMILES string of the molecule is CN(Cc1ccc(Cl)cc1)C(=O)COC(=O)c1ccccc1N1CCCC1=O. The highest BCUT2D eigenvalue weighted by molar-refractivity contribution is 6.30. The fourth-order valence-corrected chi connectivity index (χ4v) is 3.18. The predicted molar refractivity (Wildman–Crippen MR) is 106 cm³/mol. The van der Waals surface area contributed by atoms with Crippen molar-refractivity contribution in [1.29, 1.82) is 0 Å². The van der Waals surface area contributed by atoms with Gasteiger partial charge in [0.2, 0.25) is 5.91 Å². The molecule has 1 saturated heterocycles. The van der Waals surface area contributed by atoms with E-state index in [0.29, 0.717) is 30.2 Å². The zero-order valence-electron chi connectivity index (χ0n) is 15.6. The Hall–Kier alpha value is -2.86. The fraction of sp³-hybridized carbons (Fsp3) is 0.286. The number of likely N-dealkylation sites (N-methyl/N-ethyl adjacent to an activating group) is 1. The molecule has 0 N–H and O–H groups in total. The number of rotatable bonds is 6. The molecule has 0 aliphatic carbocycles. The first kappa shape index (κ1) is 19.9. The summed E-state index contributed by atoms with van der Waals surface area (Å²) in [5.41, 5.74) is 1.73. The summed E-state index contributed by atoms with van der Waals surface area (Å²) in [6.45, 7) is 0.587. The second-order valence-electron chi connectivity index (χ2n) is 6.62. The first-order chi connectivity index (χ1) is 13.5. The first-order valence-electron chi connectivity index (χ1n) is 9.00. The third kappa shape index (κ3) is 4.70. The third-order valence-electron chi connectivity index (χ3n) is 4.57. The second-order valence-corrected chi connectivity index (χ2v) is 7.05. The number of amides is 2. The highest BCUT2D eigenvalue weighted by atomic mass is 35.5. The van der Waals surface area contributed by atoms with Gasteiger partial charge in [0.1, 0.15) is 0 Å². The third-order valence-corrected chi connectivity index (χ3v) is 4.83. The van der Waals surface area contributed by atoms with Crippen LogP contribution >= 0.6 is 11.6 Å². The summed E-state index contributed by atoms with van der Waals surface area (Å²) < 4.78 is 5.21. The average molecular weight is 401 g/mol. The quantitative estimate of drug-likeness (QED) is 0.698. The molecule has 1 fully saturated rings. The van der Waals surface area contributed by atoms with E-state index in [1.54, 1.807) is 48.3 Å². The summed E-state index contributed by atoms with van der Waals surface area (Å²) in [6, 6.07) is 14.0. The van der Waals surface area contributed by atoms with Crippen molar-refractivity contribution in [3.63, 3.8) is 0 Å². The molecule has 0 aromatic heterocycles. The molecule has 0 spiro atoms.